The summed E-state index contributed by atoms with van der Waals surface area (Å²) in [5.41, 5.74) is 8.01. The maximum absolute atomic E-state index is 10.5. The first-order chi connectivity index (χ1) is 12.3. The predicted octanol–water partition coefficient (Wildman–Crippen LogP) is 2.30. The highest BCUT2D eigenvalue weighted by atomic mass is 16.4. The predicted molar refractivity (Wildman–Crippen MR) is 95.1 cm³/mol. The van der Waals surface area contributed by atoms with E-state index >= 15 is 0 Å². The molecule has 8 nitrogen and oxygen atoms in total. The van der Waals surface area contributed by atoms with E-state index in [1.54, 1.807) is 36.4 Å². The molecule has 0 unspecified atom stereocenters. The standard InChI is InChI=1S/C9H10N4.C9H8O4/c10-9-5-12-13(7-9)6-8-1-3-11-4-2-8;1-5-2-6(8(10)11)4-7(3-5)9(12)13/h1-5,7H,6,10H2;2-4H,1H3,(H,10,11)(H,12,13). The van der Waals surface area contributed by atoms with Gasteiger partial charge in [0.15, 0.2) is 0 Å². The Balaban J connectivity index is 0.000000187. The largest absolute Gasteiger partial charge is 0.478 e. The molecule has 0 spiro atoms. The normalized spacial score (nSPS) is 9.88. The zero-order valence-electron chi connectivity index (χ0n) is 14.0. The molecule has 0 saturated heterocycles. The van der Waals surface area contributed by atoms with Crippen molar-refractivity contribution in [1.29, 1.82) is 0 Å². The number of pyridine rings is 1. The fourth-order valence-electron chi connectivity index (χ4n) is 2.17. The zero-order chi connectivity index (χ0) is 19.1. The van der Waals surface area contributed by atoms with Gasteiger partial charge in [-0.3, -0.25) is 9.67 Å². The van der Waals surface area contributed by atoms with Gasteiger partial charge >= 0.3 is 11.9 Å². The lowest BCUT2D eigenvalue weighted by molar-refractivity contribution is 0.0696. The minimum Gasteiger partial charge on any atom is -0.478 e. The molecule has 0 aliphatic carbocycles. The molecule has 26 heavy (non-hydrogen) atoms. The number of anilines is 1. The minimum atomic E-state index is -1.12. The van der Waals surface area contributed by atoms with Crippen LogP contribution in [-0.2, 0) is 6.54 Å². The van der Waals surface area contributed by atoms with Gasteiger partial charge in [0.2, 0.25) is 0 Å². The zero-order valence-corrected chi connectivity index (χ0v) is 14.0. The quantitative estimate of drug-likeness (QED) is 0.655. The van der Waals surface area contributed by atoms with Gasteiger partial charge in [0.1, 0.15) is 0 Å². The Hall–Kier alpha value is -3.68. The number of aromatic nitrogens is 3. The summed E-state index contributed by atoms with van der Waals surface area (Å²) < 4.78 is 1.80. The fraction of sp³-hybridized carbons (Fsp3) is 0.111. The van der Waals surface area contributed by atoms with Gasteiger partial charge in [-0.15, -0.1) is 0 Å². The Bertz CT molecular complexity index is 874. The highest BCUT2D eigenvalue weighted by Gasteiger charge is 2.09. The van der Waals surface area contributed by atoms with Crippen LogP contribution >= 0.6 is 0 Å². The molecule has 0 aliphatic heterocycles. The molecule has 4 N–H and O–H groups in total. The summed E-state index contributed by atoms with van der Waals surface area (Å²) in [5.74, 6) is -2.24. The van der Waals surface area contributed by atoms with Crippen LogP contribution in [0.5, 0.6) is 0 Å². The molecule has 3 aromatic rings. The van der Waals surface area contributed by atoms with E-state index in [4.69, 9.17) is 15.9 Å². The summed E-state index contributed by atoms with van der Waals surface area (Å²) in [5, 5.41) is 21.3. The van der Waals surface area contributed by atoms with Crippen LogP contribution in [0.2, 0.25) is 0 Å². The summed E-state index contributed by atoms with van der Waals surface area (Å²) in [6.07, 6.45) is 6.98. The second kappa shape index (κ2) is 8.43. The van der Waals surface area contributed by atoms with Crippen molar-refractivity contribution in [2.45, 2.75) is 13.5 Å². The van der Waals surface area contributed by atoms with Gasteiger partial charge in [0, 0.05) is 18.6 Å². The summed E-state index contributed by atoms with van der Waals surface area (Å²) in [6.45, 7) is 2.39. The number of rotatable bonds is 4. The molecule has 0 bridgehead atoms. The summed E-state index contributed by atoms with van der Waals surface area (Å²) >= 11 is 0. The van der Waals surface area contributed by atoms with Crippen molar-refractivity contribution >= 4 is 17.6 Å². The topological polar surface area (TPSA) is 131 Å². The van der Waals surface area contributed by atoms with Gasteiger partial charge in [-0.1, -0.05) is 0 Å². The molecule has 0 saturated carbocycles. The lowest BCUT2D eigenvalue weighted by Gasteiger charge is -1.99. The van der Waals surface area contributed by atoms with Crippen LogP contribution in [0.4, 0.5) is 5.69 Å². The number of aromatic carboxylic acids is 2. The van der Waals surface area contributed by atoms with Crippen molar-refractivity contribution in [3.8, 4) is 0 Å². The summed E-state index contributed by atoms with van der Waals surface area (Å²) in [7, 11) is 0. The lowest BCUT2D eigenvalue weighted by atomic mass is 10.1. The second-order valence-electron chi connectivity index (χ2n) is 5.52. The Morgan fingerprint density at radius 2 is 1.65 bits per heavy atom. The molecule has 134 valence electrons. The third-order valence-electron chi connectivity index (χ3n) is 3.32. The van der Waals surface area contributed by atoms with Crippen molar-refractivity contribution in [2.24, 2.45) is 0 Å². The van der Waals surface area contributed by atoms with Gasteiger partial charge in [0.25, 0.3) is 0 Å². The molecule has 1 aromatic carbocycles. The van der Waals surface area contributed by atoms with Crippen molar-refractivity contribution in [3.63, 3.8) is 0 Å². The Labute approximate surface area is 149 Å². The number of carbonyl (C=O) groups is 2. The summed E-state index contributed by atoms with van der Waals surface area (Å²) in [4.78, 5) is 25.0. The van der Waals surface area contributed by atoms with E-state index in [0.717, 1.165) is 18.2 Å². The minimum absolute atomic E-state index is 0.00241. The third-order valence-corrected chi connectivity index (χ3v) is 3.32. The molecule has 3 rings (SSSR count). The lowest BCUT2D eigenvalue weighted by Crippen LogP contribution is -2.02. The van der Waals surface area contributed by atoms with Crippen molar-refractivity contribution in [3.05, 3.63) is 77.4 Å². The number of hydrogen-bond donors (Lipinski definition) is 3. The number of nitrogens with two attached hydrogens (primary N) is 1. The number of nitrogen functional groups attached to an aromatic ring is 1. The molecule has 2 aromatic heterocycles. The van der Waals surface area contributed by atoms with Crippen molar-refractivity contribution in [1.82, 2.24) is 14.8 Å². The molecule has 0 fully saturated rings. The van der Waals surface area contributed by atoms with Gasteiger partial charge in [-0.25, -0.2) is 9.59 Å². The fourth-order valence-corrected chi connectivity index (χ4v) is 2.17. The molecule has 0 atom stereocenters. The van der Waals surface area contributed by atoms with Crippen LogP contribution in [0.3, 0.4) is 0 Å². The smallest absolute Gasteiger partial charge is 0.335 e. The average Bonchev–Trinajstić information content (AvgIpc) is 3.00. The molecule has 0 radical (unpaired) electrons. The van der Waals surface area contributed by atoms with Crippen molar-refractivity contribution < 1.29 is 19.8 Å². The number of benzene rings is 1. The van der Waals surface area contributed by atoms with Crippen LogP contribution in [0.25, 0.3) is 0 Å². The number of nitrogens with zero attached hydrogens (tertiary/aromatic N) is 3. The van der Waals surface area contributed by atoms with Crippen LogP contribution in [0.1, 0.15) is 31.8 Å². The Morgan fingerprint density at radius 3 is 2.12 bits per heavy atom. The van der Waals surface area contributed by atoms with Crippen molar-refractivity contribution in [2.75, 3.05) is 5.73 Å². The second-order valence-corrected chi connectivity index (χ2v) is 5.52. The van der Waals surface area contributed by atoms with E-state index in [0.29, 0.717) is 11.3 Å². The number of carboxylic acids is 2. The van der Waals surface area contributed by atoms with Crippen LogP contribution in [-0.4, -0.2) is 36.9 Å². The highest BCUT2D eigenvalue weighted by Crippen LogP contribution is 2.09. The van der Waals surface area contributed by atoms with Gasteiger partial charge in [-0.05, 0) is 48.4 Å². The van der Waals surface area contributed by atoms with Gasteiger partial charge < -0.3 is 15.9 Å². The van der Waals surface area contributed by atoms with Gasteiger partial charge in [-0.2, -0.15) is 5.10 Å². The third kappa shape index (κ3) is 5.45. The molecule has 0 amide bonds. The van der Waals surface area contributed by atoms with E-state index in [1.807, 2.05) is 12.1 Å². The van der Waals surface area contributed by atoms with E-state index in [1.165, 1.54) is 12.1 Å². The molecular formula is C18H18N4O4. The van der Waals surface area contributed by atoms with Crippen LogP contribution < -0.4 is 5.73 Å². The number of hydrogen-bond acceptors (Lipinski definition) is 5. The number of aryl methyl sites for hydroxylation is 1. The first-order valence-corrected chi connectivity index (χ1v) is 7.60. The maximum Gasteiger partial charge on any atom is 0.335 e. The Kier molecular flexibility index (Phi) is 6.05. The summed E-state index contributed by atoms with van der Waals surface area (Å²) in [6, 6.07) is 7.90. The van der Waals surface area contributed by atoms with Crippen LogP contribution in [0, 0.1) is 6.92 Å². The maximum atomic E-state index is 10.5. The van der Waals surface area contributed by atoms with E-state index in [-0.39, 0.29) is 11.1 Å². The monoisotopic (exact) mass is 354 g/mol. The molecule has 8 heteroatoms. The SMILES string of the molecule is Cc1cc(C(=O)O)cc(C(=O)O)c1.Nc1cnn(Cc2ccncc2)c1. The average molecular weight is 354 g/mol. The molecule has 0 aliphatic rings. The van der Waals surface area contributed by atoms with Crippen LogP contribution in [0.15, 0.2) is 55.1 Å². The Morgan fingerprint density at radius 1 is 1.08 bits per heavy atom. The molecule has 2 heterocycles. The van der Waals surface area contributed by atoms with E-state index in [9.17, 15) is 9.59 Å². The first kappa shape index (κ1) is 18.7. The van der Waals surface area contributed by atoms with E-state index in [2.05, 4.69) is 10.1 Å². The first-order valence-electron chi connectivity index (χ1n) is 7.60. The number of carboxylic acid groups (broad SMARTS) is 2. The van der Waals surface area contributed by atoms with E-state index < -0.39 is 11.9 Å². The van der Waals surface area contributed by atoms with Gasteiger partial charge in [0.05, 0.1) is 29.6 Å². The highest BCUT2D eigenvalue weighted by molar-refractivity contribution is 5.94. The molecular weight excluding hydrogens is 336 g/mol.